The fourth-order valence-corrected chi connectivity index (χ4v) is 2.24. The predicted octanol–water partition coefficient (Wildman–Crippen LogP) is 3.58. The van der Waals surface area contributed by atoms with Gasteiger partial charge in [0.2, 0.25) is 0 Å². The number of nitrogens with one attached hydrogen (secondary N) is 1. The number of carbonyl (C=O) groups excluding carboxylic acids is 1. The Hall–Kier alpha value is -2.49. The maximum absolute atomic E-state index is 12.3. The Balaban J connectivity index is 2.09. The van der Waals surface area contributed by atoms with Gasteiger partial charge in [0.15, 0.2) is 0 Å². The number of amides is 1. The highest BCUT2D eigenvalue weighted by molar-refractivity contribution is 5.94. The van der Waals surface area contributed by atoms with Crippen LogP contribution in [0.25, 0.3) is 0 Å². The van der Waals surface area contributed by atoms with E-state index in [4.69, 9.17) is 9.47 Å². The van der Waals surface area contributed by atoms with Crippen LogP contribution in [0.2, 0.25) is 0 Å². The minimum absolute atomic E-state index is 0.0273. The molecule has 4 nitrogen and oxygen atoms in total. The van der Waals surface area contributed by atoms with Gasteiger partial charge in [-0.05, 0) is 48.4 Å². The first kappa shape index (κ1) is 15.9. The van der Waals surface area contributed by atoms with Gasteiger partial charge < -0.3 is 14.8 Å². The largest absolute Gasteiger partial charge is 0.497 e. The minimum atomic E-state index is -0.0923. The maximum Gasteiger partial charge on any atom is 0.251 e. The van der Waals surface area contributed by atoms with Crippen molar-refractivity contribution in [1.82, 2.24) is 5.32 Å². The molecule has 2 aromatic carbocycles. The lowest BCUT2D eigenvalue weighted by Gasteiger charge is -2.18. The van der Waals surface area contributed by atoms with Gasteiger partial charge in [-0.2, -0.15) is 0 Å². The van der Waals surface area contributed by atoms with Crippen molar-refractivity contribution in [2.24, 2.45) is 0 Å². The van der Waals surface area contributed by atoms with Gasteiger partial charge in [-0.3, -0.25) is 4.79 Å². The zero-order valence-corrected chi connectivity index (χ0v) is 13.1. The average molecular weight is 299 g/mol. The van der Waals surface area contributed by atoms with E-state index in [0.717, 1.165) is 23.5 Å². The van der Waals surface area contributed by atoms with Gasteiger partial charge in [0, 0.05) is 5.56 Å². The van der Waals surface area contributed by atoms with Crippen LogP contribution in [0, 0.1) is 0 Å². The molecule has 1 atom stereocenters. The molecule has 0 aliphatic heterocycles. The Kier molecular flexibility index (Phi) is 5.42. The first-order valence-electron chi connectivity index (χ1n) is 7.26. The van der Waals surface area contributed by atoms with Crippen molar-refractivity contribution in [2.75, 3.05) is 14.2 Å². The van der Waals surface area contributed by atoms with Crippen LogP contribution in [-0.2, 0) is 0 Å². The molecule has 1 amide bonds. The molecule has 0 heterocycles. The maximum atomic E-state index is 12.3. The van der Waals surface area contributed by atoms with Gasteiger partial charge in [0.1, 0.15) is 11.5 Å². The Morgan fingerprint density at radius 2 is 1.45 bits per heavy atom. The summed E-state index contributed by atoms with van der Waals surface area (Å²) in [6.45, 7) is 2.04. The van der Waals surface area contributed by atoms with Crippen LogP contribution in [0.4, 0.5) is 0 Å². The summed E-state index contributed by atoms with van der Waals surface area (Å²) in [5, 5.41) is 3.05. The second-order valence-corrected chi connectivity index (χ2v) is 4.94. The number of benzene rings is 2. The van der Waals surface area contributed by atoms with E-state index in [0.29, 0.717) is 5.56 Å². The van der Waals surface area contributed by atoms with Crippen LogP contribution in [0.3, 0.4) is 0 Å². The van der Waals surface area contributed by atoms with E-state index in [-0.39, 0.29) is 11.9 Å². The normalized spacial score (nSPS) is 11.6. The lowest BCUT2D eigenvalue weighted by atomic mass is 10.0. The monoisotopic (exact) mass is 299 g/mol. The fourth-order valence-electron chi connectivity index (χ4n) is 2.24. The van der Waals surface area contributed by atoms with E-state index in [9.17, 15) is 4.79 Å². The molecule has 0 fully saturated rings. The molecule has 4 heteroatoms. The zero-order valence-electron chi connectivity index (χ0n) is 13.1. The van der Waals surface area contributed by atoms with E-state index in [1.54, 1.807) is 38.5 Å². The average Bonchev–Trinajstić information content (AvgIpc) is 2.59. The van der Waals surface area contributed by atoms with Gasteiger partial charge in [-0.1, -0.05) is 19.1 Å². The van der Waals surface area contributed by atoms with Crippen molar-refractivity contribution in [2.45, 2.75) is 19.4 Å². The number of hydrogen-bond donors (Lipinski definition) is 1. The van der Waals surface area contributed by atoms with E-state index < -0.39 is 0 Å². The molecular formula is C18H21NO3. The molecule has 22 heavy (non-hydrogen) atoms. The third kappa shape index (κ3) is 3.79. The SMILES string of the molecule is CC[C@H](NC(=O)c1ccc(OC)cc1)c1ccc(OC)cc1. The first-order valence-corrected chi connectivity index (χ1v) is 7.26. The van der Waals surface area contributed by atoms with E-state index >= 15 is 0 Å². The highest BCUT2D eigenvalue weighted by atomic mass is 16.5. The molecule has 0 aromatic heterocycles. The summed E-state index contributed by atoms with van der Waals surface area (Å²) >= 11 is 0. The van der Waals surface area contributed by atoms with Crippen LogP contribution in [0.15, 0.2) is 48.5 Å². The van der Waals surface area contributed by atoms with Crippen molar-refractivity contribution in [3.8, 4) is 11.5 Å². The van der Waals surface area contributed by atoms with Gasteiger partial charge in [-0.25, -0.2) is 0 Å². The summed E-state index contributed by atoms with van der Waals surface area (Å²) in [7, 11) is 3.24. The third-order valence-electron chi connectivity index (χ3n) is 3.58. The standard InChI is InChI=1S/C18H21NO3/c1-4-17(13-5-9-15(21-2)10-6-13)19-18(20)14-7-11-16(22-3)12-8-14/h5-12,17H,4H2,1-3H3,(H,19,20)/t17-/m0/s1. The van der Waals surface area contributed by atoms with Crippen LogP contribution >= 0.6 is 0 Å². The molecule has 0 radical (unpaired) electrons. The number of methoxy groups -OCH3 is 2. The number of hydrogen-bond acceptors (Lipinski definition) is 3. The molecule has 0 aliphatic carbocycles. The first-order chi connectivity index (χ1) is 10.7. The van der Waals surface area contributed by atoms with Crippen LogP contribution in [-0.4, -0.2) is 20.1 Å². The smallest absolute Gasteiger partial charge is 0.251 e. The van der Waals surface area contributed by atoms with Gasteiger partial charge in [0.25, 0.3) is 5.91 Å². The molecule has 0 saturated carbocycles. The Labute approximate surface area is 131 Å². The van der Waals surface area contributed by atoms with Crippen molar-refractivity contribution < 1.29 is 14.3 Å². The number of ether oxygens (including phenoxy) is 2. The highest BCUT2D eigenvalue weighted by Gasteiger charge is 2.14. The number of carbonyl (C=O) groups is 1. The molecule has 0 saturated heterocycles. The van der Waals surface area contributed by atoms with Crippen LogP contribution < -0.4 is 14.8 Å². The quantitative estimate of drug-likeness (QED) is 0.887. The van der Waals surface area contributed by atoms with Crippen molar-refractivity contribution in [3.05, 3.63) is 59.7 Å². The molecule has 2 aromatic rings. The summed E-state index contributed by atoms with van der Waals surface area (Å²) in [5.41, 5.74) is 1.68. The van der Waals surface area contributed by atoms with Crippen LogP contribution in [0.1, 0.15) is 35.3 Å². The van der Waals surface area contributed by atoms with Gasteiger partial charge >= 0.3 is 0 Å². The summed E-state index contributed by atoms with van der Waals surface area (Å²) in [4.78, 5) is 12.3. The fraction of sp³-hybridized carbons (Fsp3) is 0.278. The van der Waals surface area contributed by atoms with E-state index in [1.807, 2.05) is 31.2 Å². The predicted molar refractivity (Wildman–Crippen MR) is 86.5 cm³/mol. The van der Waals surface area contributed by atoms with Crippen LogP contribution in [0.5, 0.6) is 11.5 Å². The third-order valence-corrected chi connectivity index (χ3v) is 3.58. The van der Waals surface area contributed by atoms with E-state index in [1.165, 1.54) is 0 Å². The molecule has 0 spiro atoms. The molecule has 0 unspecified atom stereocenters. The Morgan fingerprint density at radius 3 is 1.91 bits per heavy atom. The highest BCUT2D eigenvalue weighted by Crippen LogP contribution is 2.21. The lowest BCUT2D eigenvalue weighted by molar-refractivity contribution is 0.0935. The van der Waals surface area contributed by atoms with Gasteiger partial charge in [0.05, 0.1) is 20.3 Å². The Morgan fingerprint density at radius 1 is 0.955 bits per heavy atom. The Bertz CT molecular complexity index is 605. The summed E-state index contributed by atoms with van der Waals surface area (Å²) < 4.78 is 10.3. The second-order valence-electron chi connectivity index (χ2n) is 4.94. The van der Waals surface area contributed by atoms with Crippen molar-refractivity contribution >= 4 is 5.91 Å². The topological polar surface area (TPSA) is 47.6 Å². The van der Waals surface area contributed by atoms with Crippen molar-refractivity contribution in [1.29, 1.82) is 0 Å². The van der Waals surface area contributed by atoms with Gasteiger partial charge in [-0.15, -0.1) is 0 Å². The summed E-state index contributed by atoms with van der Waals surface area (Å²) in [6, 6.07) is 14.8. The number of rotatable bonds is 6. The molecule has 2 rings (SSSR count). The molecule has 0 aliphatic rings. The zero-order chi connectivity index (χ0) is 15.9. The summed E-state index contributed by atoms with van der Waals surface area (Å²) in [5.74, 6) is 1.45. The lowest BCUT2D eigenvalue weighted by Crippen LogP contribution is -2.28. The molecule has 0 bridgehead atoms. The van der Waals surface area contributed by atoms with E-state index in [2.05, 4.69) is 5.32 Å². The molecule has 116 valence electrons. The second kappa shape index (κ2) is 7.50. The minimum Gasteiger partial charge on any atom is -0.497 e. The molecule has 1 N–H and O–H groups in total. The van der Waals surface area contributed by atoms with Crippen molar-refractivity contribution in [3.63, 3.8) is 0 Å². The summed E-state index contributed by atoms with van der Waals surface area (Å²) in [6.07, 6.45) is 0.814. The molecular weight excluding hydrogens is 278 g/mol.